The first kappa shape index (κ1) is 12.8. The Morgan fingerprint density at radius 1 is 1.45 bits per heavy atom. The maximum absolute atomic E-state index is 12.3. The van der Waals surface area contributed by atoms with Gasteiger partial charge in [0, 0.05) is 5.38 Å². The lowest BCUT2D eigenvalue weighted by atomic mass is 9.96. The standard InChI is InChI=1S/C11H7N5O2S2/c17-9(8-5-20-15-13-8)14-16-10(18)6-3-1-2-4-7(6)12-11(16)19/h1-6H,(H,14,17). The number of nitrogens with one attached hydrogen (secondary N) is 1. The van der Waals surface area contributed by atoms with Crippen molar-refractivity contribution in [2.45, 2.75) is 0 Å². The average molecular weight is 305 g/mol. The maximum Gasteiger partial charge on any atom is 0.291 e. The van der Waals surface area contributed by atoms with E-state index in [0.717, 1.165) is 16.5 Å². The average Bonchev–Trinajstić information content (AvgIpc) is 2.97. The number of fused-ring (bicyclic) bond motifs is 1. The highest BCUT2D eigenvalue weighted by molar-refractivity contribution is 7.80. The van der Waals surface area contributed by atoms with Crippen LogP contribution >= 0.6 is 23.8 Å². The molecule has 0 fully saturated rings. The first-order valence-corrected chi connectivity index (χ1v) is 6.81. The predicted octanol–water partition coefficient (Wildman–Crippen LogP) is 0.493. The zero-order valence-electron chi connectivity index (χ0n) is 9.89. The summed E-state index contributed by atoms with van der Waals surface area (Å²) in [6.07, 6.45) is 6.95. The van der Waals surface area contributed by atoms with Crippen LogP contribution < -0.4 is 5.43 Å². The van der Waals surface area contributed by atoms with E-state index in [9.17, 15) is 9.59 Å². The van der Waals surface area contributed by atoms with Crippen LogP contribution in [0.5, 0.6) is 0 Å². The minimum absolute atomic E-state index is 0.00209. The van der Waals surface area contributed by atoms with E-state index in [4.69, 9.17) is 12.2 Å². The van der Waals surface area contributed by atoms with E-state index >= 15 is 0 Å². The van der Waals surface area contributed by atoms with Crippen molar-refractivity contribution < 1.29 is 9.59 Å². The lowest BCUT2D eigenvalue weighted by Gasteiger charge is -2.29. The van der Waals surface area contributed by atoms with Gasteiger partial charge in [-0.3, -0.25) is 15.0 Å². The van der Waals surface area contributed by atoms with Crippen molar-refractivity contribution in [2.24, 2.45) is 10.9 Å². The van der Waals surface area contributed by atoms with Crippen molar-refractivity contribution in [3.63, 3.8) is 0 Å². The Morgan fingerprint density at radius 2 is 2.30 bits per heavy atom. The number of carbonyl (C=O) groups is 2. The van der Waals surface area contributed by atoms with Gasteiger partial charge in [0.1, 0.15) is 5.92 Å². The van der Waals surface area contributed by atoms with Crippen molar-refractivity contribution in [2.75, 3.05) is 0 Å². The number of nitrogens with zero attached hydrogens (tertiary/aromatic N) is 4. The largest absolute Gasteiger partial charge is 0.291 e. The van der Waals surface area contributed by atoms with Gasteiger partial charge in [0.2, 0.25) is 5.11 Å². The zero-order chi connectivity index (χ0) is 14.1. The van der Waals surface area contributed by atoms with Crippen molar-refractivity contribution in [1.29, 1.82) is 0 Å². The van der Waals surface area contributed by atoms with Crippen LogP contribution in [0.1, 0.15) is 10.5 Å². The summed E-state index contributed by atoms with van der Waals surface area (Å²) in [7, 11) is 0. The van der Waals surface area contributed by atoms with Crippen LogP contribution in [-0.4, -0.2) is 37.2 Å². The summed E-state index contributed by atoms with van der Waals surface area (Å²) in [5, 5.41) is 6.07. The number of aliphatic imine (C=N–C) groups is 1. The van der Waals surface area contributed by atoms with Gasteiger partial charge in [-0.25, -0.2) is 4.99 Å². The summed E-state index contributed by atoms with van der Waals surface area (Å²) in [5.41, 5.74) is 3.09. The minimum Gasteiger partial charge on any atom is -0.271 e. The topological polar surface area (TPSA) is 87.5 Å². The van der Waals surface area contributed by atoms with Gasteiger partial charge < -0.3 is 0 Å². The van der Waals surface area contributed by atoms with Crippen LogP contribution in [-0.2, 0) is 4.79 Å². The molecule has 2 heterocycles. The predicted molar refractivity (Wildman–Crippen MR) is 76.0 cm³/mol. The molecule has 0 spiro atoms. The molecule has 2 amide bonds. The van der Waals surface area contributed by atoms with Crippen LogP contribution in [0, 0.1) is 5.92 Å². The quantitative estimate of drug-likeness (QED) is 0.804. The Balaban J connectivity index is 1.84. The van der Waals surface area contributed by atoms with E-state index in [1.165, 1.54) is 5.38 Å². The molecule has 1 aromatic rings. The Labute approximate surface area is 122 Å². The molecule has 0 saturated carbocycles. The van der Waals surface area contributed by atoms with Crippen LogP contribution in [0.25, 0.3) is 0 Å². The molecule has 1 atom stereocenters. The van der Waals surface area contributed by atoms with Crippen LogP contribution in [0.2, 0.25) is 0 Å². The summed E-state index contributed by atoms with van der Waals surface area (Å²) < 4.78 is 3.59. The molecule has 0 bridgehead atoms. The number of carbonyl (C=O) groups excluding carboxylic acids is 2. The highest BCUT2D eigenvalue weighted by Gasteiger charge is 2.35. The lowest BCUT2D eigenvalue weighted by Crippen LogP contribution is -2.54. The molecule has 1 aromatic heterocycles. The second-order valence-corrected chi connectivity index (χ2v) is 4.92. The minimum atomic E-state index is -0.552. The summed E-state index contributed by atoms with van der Waals surface area (Å²) in [6, 6.07) is 0. The Kier molecular flexibility index (Phi) is 3.20. The number of allylic oxidation sites excluding steroid dienone is 3. The van der Waals surface area contributed by atoms with Crippen molar-refractivity contribution in [3.8, 4) is 0 Å². The van der Waals surface area contributed by atoms with Gasteiger partial charge in [-0.1, -0.05) is 22.7 Å². The lowest BCUT2D eigenvalue weighted by molar-refractivity contribution is -0.130. The van der Waals surface area contributed by atoms with Crippen molar-refractivity contribution in [3.05, 3.63) is 35.4 Å². The molecule has 100 valence electrons. The number of hydrogen-bond donors (Lipinski definition) is 1. The first-order valence-electron chi connectivity index (χ1n) is 5.56. The molecule has 20 heavy (non-hydrogen) atoms. The molecule has 1 unspecified atom stereocenters. The van der Waals surface area contributed by atoms with Crippen molar-refractivity contribution >= 4 is 46.4 Å². The molecule has 3 rings (SSSR count). The first-order chi connectivity index (χ1) is 9.66. The SMILES string of the molecule is O=C(NN1C(=O)C2C=CC=CC2=NC1=S)c1csnn1. The van der Waals surface area contributed by atoms with E-state index < -0.39 is 11.8 Å². The Morgan fingerprint density at radius 3 is 3.05 bits per heavy atom. The molecule has 1 N–H and O–H groups in total. The summed E-state index contributed by atoms with van der Waals surface area (Å²) in [6.45, 7) is 0. The smallest absolute Gasteiger partial charge is 0.271 e. The number of amides is 2. The van der Waals surface area contributed by atoms with Crippen molar-refractivity contribution in [1.82, 2.24) is 20.0 Å². The van der Waals surface area contributed by atoms with Gasteiger partial charge in [0.15, 0.2) is 5.69 Å². The molecule has 9 heteroatoms. The fraction of sp³-hybridized carbons (Fsp3) is 0.0909. The van der Waals surface area contributed by atoms with Crippen LogP contribution in [0.4, 0.5) is 0 Å². The summed E-state index contributed by atoms with van der Waals surface area (Å²) in [4.78, 5) is 28.3. The Hall–Kier alpha value is -2.26. The highest BCUT2D eigenvalue weighted by atomic mass is 32.1. The normalized spacial score (nSPS) is 20.7. The van der Waals surface area contributed by atoms with Gasteiger partial charge >= 0.3 is 0 Å². The molecule has 0 aromatic carbocycles. The molecular formula is C11H7N5O2S2. The maximum atomic E-state index is 12.3. The fourth-order valence-corrected chi connectivity index (χ4v) is 2.44. The zero-order valence-corrected chi connectivity index (χ0v) is 11.5. The summed E-state index contributed by atoms with van der Waals surface area (Å²) in [5.74, 6) is -1.43. The van der Waals surface area contributed by atoms with Crippen LogP contribution in [0.15, 0.2) is 34.7 Å². The number of hydrazine groups is 1. The van der Waals surface area contributed by atoms with Gasteiger partial charge in [0.05, 0.1) is 5.71 Å². The number of hydrogen-bond acceptors (Lipinski definition) is 6. The molecule has 7 nitrogen and oxygen atoms in total. The summed E-state index contributed by atoms with van der Waals surface area (Å²) >= 11 is 6.08. The second-order valence-electron chi connectivity index (χ2n) is 3.95. The van der Waals surface area contributed by atoms with Gasteiger partial charge in [-0.15, -0.1) is 5.10 Å². The monoisotopic (exact) mass is 305 g/mol. The molecule has 1 aliphatic heterocycles. The van der Waals surface area contributed by atoms with Gasteiger partial charge in [-0.05, 0) is 29.8 Å². The molecule has 2 aliphatic rings. The fourth-order valence-electron chi connectivity index (χ4n) is 1.77. The van der Waals surface area contributed by atoms with E-state index in [1.54, 1.807) is 24.3 Å². The van der Waals surface area contributed by atoms with E-state index in [-0.39, 0.29) is 16.7 Å². The second kappa shape index (κ2) is 5.02. The van der Waals surface area contributed by atoms with E-state index in [1.807, 2.05) is 0 Å². The Bertz CT molecular complexity index is 677. The van der Waals surface area contributed by atoms with E-state index in [2.05, 4.69) is 20.0 Å². The van der Waals surface area contributed by atoms with Crippen LogP contribution in [0.3, 0.4) is 0 Å². The third-order valence-electron chi connectivity index (χ3n) is 2.71. The molecule has 0 saturated heterocycles. The molecule has 0 radical (unpaired) electrons. The van der Waals surface area contributed by atoms with Gasteiger partial charge in [0.25, 0.3) is 11.8 Å². The number of thiocarbonyl (C=S) groups is 1. The number of rotatable bonds is 2. The van der Waals surface area contributed by atoms with Gasteiger partial charge in [-0.2, -0.15) is 5.01 Å². The number of aromatic nitrogens is 2. The highest BCUT2D eigenvalue weighted by Crippen LogP contribution is 2.18. The third kappa shape index (κ3) is 2.17. The molecule has 1 aliphatic carbocycles. The molecular weight excluding hydrogens is 298 g/mol. The third-order valence-corrected chi connectivity index (χ3v) is 3.49. The van der Waals surface area contributed by atoms with E-state index in [0.29, 0.717) is 5.71 Å².